The lowest BCUT2D eigenvalue weighted by Gasteiger charge is -2.03. The number of nitrogens with two attached hydrogens (primary N) is 1. The fraction of sp³-hybridized carbons (Fsp3) is 0.167. The molecule has 2 rings (SSSR count). The van der Waals surface area contributed by atoms with Crippen molar-refractivity contribution in [3.63, 3.8) is 0 Å². The Balaban J connectivity index is 2.26. The highest BCUT2D eigenvalue weighted by Gasteiger charge is 2.15. The number of benzene rings is 1. The maximum absolute atomic E-state index is 13.5. The third-order valence-electron chi connectivity index (χ3n) is 2.58. The molecular weight excluding hydrogens is 256 g/mol. The molecule has 2 aromatic rings. The third-order valence-corrected chi connectivity index (χ3v) is 2.58. The van der Waals surface area contributed by atoms with Crippen LogP contribution in [-0.4, -0.2) is 27.1 Å². The number of nitrogens with zero attached hydrogens (tertiary/aromatic N) is 1. The minimum absolute atomic E-state index is 0.0216. The van der Waals surface area contributed by atoms with E-state index in [1.54, 1.807) is 0 Å². The first-order valence-corrected chi connectivity index (χ1v) is 5.45. The van der Waals surface area contributed by atoms with Gasteiger partial charge in [0.05, 0.1) is 11.9 Å². The van der Waals surface area contributed by atoms with Gasteiger partial charge in [-0.05, 0) is 18.2 Å². The number of H-pyrrole nitrogens is 1. The van der Waals surface area contributed by atoms with Crippen LogP contribution in [0.4, 0.5) is 8.78 Å². The lowest BCUT2D eigenvalue weighted by atomic mass is 10.1. The number of hydrogen-bond donors (Lipinski definition) is 3. The summed E-state index contributed by atoms with van der Waals surface area (Å²) in [6, 6.07) is 1.95. The molecule has 0 aliphatic rings. The Morgan fingerprint density at radius 1 is 1.47 bits per heavy atom. The fourth-order valence-electron chi connectivity index (χ4n) is 1.60. The Bertz CT molecular complexity index is 613. The average molecular weight is 267 g/mol. The minimum atomic E-state index is -1.16. The molecule has 4 N–H and O–H groups in total. The van der Waals surface area contributed by atoms with Gasteiger partial charge < -0.3 is 15.8 Å². The predicted molar refractivity (Wildman–Crippen MR) is 63.3 cm³/mol. The largest absolute Gasteiger partial charge is 0.480 e. The molecule has 0 aliphatic carbocycles. The fourth-order valence-corrected chi connectivity index (χ4v) is 1.60. The zero-order valence-electron chi connectivity index (χ0n) is 9.73. The van der Waals surface area contributed by atoms with Crippen molar-refractivity contribution >= 4 is 5.97 Å². The Labute approximate surface area is 107 Å². The van der Waals surface area contributed by atoms with Crippen LogP contribution in [0.25, 0.3) is 11.3 Å². The molecule has 0 bridgehead atoms. The molecule has 0 saturated heterocycles. The number of nitrogens with one attached hydrogen (secondary N) is 1. The van der Waals surface area contributed by atoms with Crippen molar-refractivity contribution in [3.05, 3.63) is 41.9 Å². The predicted octanol–water partition coefficient (Wildman–Crippen LogP) is 1.31. The van der Waals surface area contributed by atoms with Crippen molar-refractivity contribution in [1.29, 1.82) is 0 Å². The van der Waals surface area contributed by atoms with Crippen LogP contribution in [0.15, 0.2) is 24.4 Å². The SMILES string of the molecule is NC(Cc1ncc(-c2cc(F)ccc2F)[nH]1)C(=O)O. The number of halogens is 2. The Kier molecular flexibility index (Phi) is 3.57. The highest BCUT2D eigenvalue weighted by Crippen LogP contribution is 2.22. The van der Waals surface area contributed by atoms with E-state index in [0.717, 1.165) is 18.2 Å². The van der Waals surface area contributed by atoms with Gasteiger partial charge in [0.25, 0.3) is 0 Å². The van der Waals surface area contributed by atoms with Gasteiger partial charge in [-0.3, -0.25) is 4.79 Å². The summed E-state index contributed by atoms with van der Waals surface area (Å²) in [5.41, 5.74) is 5.66. The highest BCUT2D eigenvalue weighted by atomic mass is 19.1. The molecule has 1 aromatic carbocycles. The van der Waals surface area contributed by atoms with Crippen LogP contribution in [0.3, 0.4) is 0 Å². The van der Waals surface area contributed by atoms with Crippen LogP contribution in [0, 0.1) is 11.6 Å². The molecule has 100 valence electrons. The van der Waals surface area contributed by atoms with Gasteiger partial charge in [0.1, 0.15) is 23.5 Å². The molecule has 0 spiro atoms. The van der Waals surface area contributed by atoms with E-state index in [9.17, 15) is 13.6 Å². The normalized spacial score (nSPS) is 12.4. The van der Waals surface area contributed by atoms with Gasteiger partial charge in [-0.25, -0.2) is 13.8 Å². The van der Waals surface area contributed by atoms with Crippen LogP contribution in [-0.2, 0) is 11.2 Å². The second-order valence-electron chi connectivity index (χ2n) is 4.02. The quantitative estimate of drug-likeness (QED) is 0.778. The molecule has 1 aromatic heterocycles. The van der Waals surface area contributed by atoms with Gasteiger partial charge in [0.15, 0.2) is 0 Å². The number of carbonyl (C=O) groups is 1. The van der Waals surface area contributed by atoms with E-state index in [0.29, 0.717) is 5.82 Å². The first kappa shape index (κ1) is 13.2. The summed E-state index contributed by atoms with van der Waals surface area (Å²) >= 11 is 0. The van der Waals surface area contributed by atoms with Crippen molar-refractivity contribution in [1.82, 2.24) is 9.97 Å². The molecular formula is C12H11F2N3O2. The van der Waals surface area contributed by atoms with E-state index in [2.05, 4.69) is 9.97 Å². The Morgan fingerprint density at radius 2 is 2.21 bits per heavy atom. The van der Waals surface area contributed by atoms with Gasteiger partial charge in [0.2, 0.25) is 0 Å². The summed E-state index contributed by atoms with van der Waals surface area (Å²) in [7, 11) is 0. The number of rotatable bonds is 4. The maximum Gasteiger partial charge on any atom is 0.320 e. The van der Waals surface area contributed by atoms with E-state index >= 15 is 0 Å². The highest BCUT2D eigenvalue weighted by molar-refractivity contribution is 5.73. The molecule has 0 saturated carbocycles. The van der Waals surface area contributed by atoms with Crippen LogP contribution >= 0.6 is 0 Å². The van der Waals surface area contributed by atoms with E-state index in [1.165, 1.54) is 6.20 Å². The van der Waals surface area contributed by atoms with Crippen molar-refractivity contribution in [2.45, 2.75) is 12.5 Å². The summed E-state index contributed by atoms with van der Waals surface area (Å²) in [5.74, 6) is -2.03. The van der Waals surface area contributed by atoms with Crippen molar-refractivity contribution in [2.24, 2.45) is 5.73 Å². The summed E-state index contributed by atoms with van der Waals surface area (Å²) in [5, 5.41) is 8.67. The zero-order valence-corrected chi connectivity index (χ0v) is 9.73. The van der Waals surface area contributed by atoms with Gasteiger partial charge in [0, 0.05) is 12.0 Å². The number of aromatic amines is 1. The summed E-state index contributed by atoms with van der Waals surface area (Å²) < 4.78 is 26.6. The summed E-state index contributed by atoms with van der Waals surface area (Å²) in [6.45, 7) is 0. The first-order chi connectivity index (χ1) is 8.97. The third kappa shape index (κ3) is 2.94. The molecule has 7 heteroatoms. The Hall–Kier alpha value is -2.28. The molecule has 1 atom stereocenters. The number of carboxylic acid groups (broad SMARTS) is 1. The van der Waals surface area contributed by atoms with Gasteiger partial charge in [-0.1, -0.05) is 0 Å². The molecule has 0 radical (unpaired) electrons. The van der Waals surface area contributed by atoms with Crippen molar-refractivity contribution in [3.8, 4) is 11.3 Å². The molecule has 0 amide bonds. The number of hydrogen-bond acceptors (Lipinski definition) is 3. The molecule has 5 nitrogen and oxygen atoms in total. The lowest BCUT2D eigenvalue weighted by molar-refractivity contribution is -0.138. The number of aromatic nitrogens is 2. The van der Waals surface area contributed by atoms with Gasteiger partial charge in [-0.15, -0.1) is 0 Å². The van der Waals surface area contributed by atoms with E-state index < -0.39 is 23.6 Å². The minimum Gasteiger partial charge on any atom is -0.480 e. The second-order valence-corrected chi connectivity index (χ2v) is 4.02. The first-order valence-electron chi connectivity index (χ1n) is 5.45. The van der Waals surface area contributed by atoms with Crippen LogP contribution in [0.2, 0.25) is 0 Å². The number of aliphatic carboxylic acids is 1. The Morgan fingerprint density at radius 3 is 2.89 bits per heavy atom. The second kappa shape index (κ2) is 5.15. The van der Waals surface area contributed by atoms with Crippen molar-refractivity contribution in [2.75, 3.05) is 0 Å². The molecule has 1 heterocycles. The van der Waals surface area contributed by atoms with Gasteiger partial charge >= 0.3 is 5.97 Å². The molecule has 1 unspecified atom stereocenters. The summed E-state index contributed by atoms with van der Waals surface area (Å²) in [6.07, 6.45) is 1.29. The summed E-state index contributed by atoms with van der Waals surface area (Å²) in [4.78, 5) is 17.2. The lowest BCUT2D eigenvalue weighted by Crippen LogP contribution is -2.32. The topological polar surface area (TPSA) is 92.0 Å². The number of carboxylic acids is 1. The van der Waals surface area contributed by atoms with Gasteiger partial charge in [-0.2, -0.15) is 0 Å². The van der Waals surface area contributed by atoms with E-state index in [-0.39, 0.29) is 17.7 Å². The zero-order chi connectivity index (χ0) is 14.0. The van der Waals surface area contributed by atoms with Crippen LogP contribution in [0.1, 0.15) is 5.82 Å². The van der Waals surface area contributed by atoms with E-state index in [1.807, 2.05) is 0 Å². The molecule has 0 aliphatic heterocycles. The monoisotopic (exact) mass is 267 g/mol. The maximum atomic E-state index is 13.5. The van der Waals surface area contributed by atoms with E-state index in [4.69, 9.17) is 10.8 Å². The standard InChI is InChI=1S/C12H11F2N3O2/c13-6-1-2-8(14)7(3-6)10-5-16-11(17-10)4-9(15)12(18)19/h1-3,5,9H,4,15H2,(H,16,17)(H,18,19). The molecule has 0 fully saturated rings. The van der Waals surface area contributed by atoms with Crippen LogP contribution < -0.4 is 5.73 Å². The smallest absolute Gasteiger partial charge is 0.320 e. The van der Waals surface area contributed by atoms with Crippen LogP contribution in [0.5, 0.6) is 0 Å². The van der Waals surface area contributed by atoms with Crippen molar-refractivity contribution < 1.29 is 18.7 Å². The number of imidazole rings is 1. The molecule has 19 heavy (non-hydrogen) atoms. The average Bonchev–Trinajstić information content (AvgIpc) is 2.80.